The summed E-state index contributed by atoms with van der Waals surface area (Å²) in [7, 11) is 0. The number of hydrogen-bond acceptors (Lipinski definition) is 3. The van der Waals surface area contributed by atoms with Gasteiger partial charge in [0.2, 0.25) is 0 Å². The largest absolute Gasteiger partial charge is 0.353 e. The zero-order chi connectivity index (χ0) is 17.0. The van der Waals surface area contributed by atoms with E-state index in [1.807, 2.05) is 4.90 Å². The normalized spacial score (nSPS) is 18.4. The average molecular weight is 347 g/mol. The predicted molar refractivity (Wildman–Crippen MR) is 105 cm³/mol. The highest BCUT2D eigenvalue weighted by molar-refractivity contribution is 8.10. The molecule has 0 amide bonds. The topological polar surface area (TPSA) is 15.7 Å². The van der Waals surface area contributed by atoms with E-state index in [-0.39, 0.29) is 6.23 Å². The first kappa shape index (κ1) is 21.9. The fourth-order valence-electron chi connectivity index (χ4n) is 2.39. The van der Waals surface area contributed by atoms with Crippen LogP contribution in [-0.2, 0) is 4.74 Å². The van der Waals surface area contributed by atoms with Crippen LogP contribution in [0.25, 0.3) is 0 Å². The van der Waals surface area contributed by atoms with Crippen molar-refractivity contribution < 1.29 is 4.74 Å². The second-order valence-corrected chi connectivity index (χ2v) is 6.35. The Morgan fingerprint density at radius 3 is 2.18 bits per heavy atom. The molecule has 130 valence electrons. The molecule has 0 aromatic heterocycles. The predicted octanol–water partition coefficient (Wildman–Crippen LogP) is 4.34. The summed E-state index contributed by atoms with van der Waals surface area (Å²) >= 11 is 9.32. The number of allylic oxidation sites excluding steroid dienone is 1. The molecule has 1 saturated heterocycles. The Morgan fingerprint density at radius 1 is 1.23 bits per heavy atom. The Balaban J connectivity index is 0.000000534. The Bertz CT molecular complexity index is 325. The van der Waals surface area contributed by atoms with Gasteiger partial charge in [0, 0.05) is 6.54 Å². The Morgan fingerprint density at radius 2 is 1.82 bits per heavy atom. The van der Waals surface area contributed by atoms with Crippen molar-refractivity contribution in [1.82, 2.24) is 9.80 Å². The highest BCUT2D eigenvalue weighted by atomic mass is 32.1. The summed E-state index contributed by atoms with van der Waals surface area (Å²) in [6, 6.07) is 0. The first-order valence-electron chi connectivity index (χ1n) is 8.57. The number of unbranched alkanes of at least 4 members (excludes halogenated alkanes) is 1. The molecule has 0 aliphatic carbocycles. The van der Waals surface area contributed by atoms with Gasteiger partial charge in [-0.3, -0.25) is 0 Å². The van der Waals surface area contributed by atoms with E-state index in [0.717, 1.165) is 26.0 Å². The molecule has 0 saturated carbocycles. The number of thiol groups is 1. The molecule has 0 bridgehead atoms. The second-order valence-electron chi connectivity index (χ2n) is 5.24. The lowest BCUT2D eigenvalue weighted by atomic mass is 10.1. The van der Waals surface area contributed by atoms with E-state index in [1.165, 1.54) is 31.6 Å². The summed E-state index contributed by atoms with van der Waals surface area (Å²) in [6.45, 7) is 16.1. The molecule has 1 heterocycles. The summed E-state index contributed by atoms with van der Waals surface area (Å²) < 4.78 is 6.33. The Hall–Kier alpha value is -0.100. The van der Waals surface area contributed by atoms with Crippen molar-refractivity contribution in [1.29, 1.82) is 0 Å². The number of ether oxygens (including phenoxy) is 1. The molecule has 1 aliphatic rings. The molecule has 1 unspecified atom stereocenters. The molecular formula is C17H34N2OS2. The van der Waals surface area contributed by atoms with Gasteiger partial charge in [0.25, 0.3) is 0 Å². The summed E-state index contributed by atoms with van der Waals surface area (Å²) in [5.74, 6) is 0. The van der Waals surface area contributed by atoms with Gasteiger partial charge in [0.1, 0.15) is 4.32 Å². The molecular weight excluding hydrogens is 312 g/mol. The smallest absolute Gasteiger partial charge is 0.153 e. The van der Waals surface area contributed by atoms with E-state index in [0.29, 0.717) is 4.32 Å². The molecule has 1 atom stereocenters. The maximum Gasteiger partial charge on any atom is 0.153 e. The van der Waals surface area contributed by atoms with Crippen LogP contribution >= 0.6 is 24.8 Å². The monoisotopic (exact) mass is 346 g/mol. The molecule has 1 rings (SSSR count). The van der Waals surface area contributed by atoms with E-state index in [2.05, 4.69) is 58.2 Å². The molecule has 1 fully saturated rings. The standard InChI is InChI=1S/C11H19NOS2.C6H15N/c1-3-5-6-9(4-2)10-12(11(14)15)7-8-13-10;1-4-7(5-2)6-3/h6,10H,3-5,7-8H2,1-2H3,(H,14,15);4-6H2,1-3H3. The van der Waals surface area contributed by atoms with Crippen LogP contribution in [0, 0.1) is 0 Å². The zero-order valence-electron chi connectivity index (χ0n) is 15.0. The van der Waals surface area contributed by atoms with E-state index in [9.17, 15) is 0 Å². The average Bonchev–Trinajstić information content (AvgIpc) is 3.00. The van der Waals surface area contributed by atoms with Crippen molar-refractivity contribution in [2.75, 3.05) is 32.8 Å². The number of thiocarbonyl (C=S) groups is 1. The molecule has 0 spiro atoms. The van der Waals surface area contributed by atoms with Gasteiger partial charge in [-0.15, -0.1) is 12.6 Å². The first-order chi connectivity index (χ1) is 10.5. The lowest BCUT2D eigenvalue weighted by molar-refractivity contribution is 0.0932. The summed E-state index contributed by atoms with van der Waals surface area (Å²) in [5.41, 5.74) is 1.32. The third kappa shape index (κ3) is 7.95. The Labute approximate surface area is 148 Å². The van der Waals surface area contributed by atoms with Crippen LogP contribution in [0.1, 0.15) is 53.9 Å². The number of hydrogen-bond donors (Lipinski definition) is 1. The van der Waals surface area contributed by atoms with Crippen LogP contribution in [0.3, 0.4) is 0 Å². The summed E-state index contributed by atoms with van der Waals surface area (Å²) in [6.07, 6.45) is 5.59. The van der Waals surface area contributed by atoms with Gasteiger partial charge >= 0.3 is 0 Å². The highest BCUT2D eigenvalue weighted by Crippen LogP contribution is 2.22. The van der Waals surface area contributed by atoms with Crippen LogP contribution in [0.4, 0.5) is 0 Å². The van der Waals surface area contributed by atoms with Gasteiger partial charge in [-0.2, -0.15) is 0 Å². The van der Waals surface area contributed by atoms with E-state index in [1.54, 1.807) is 0 Å². The summed E-state index contributed by atoms with van der Waals surface area (Å²) in [4.78, 5) is 4.42. The SMILES string of the molecule is CCCC=C(CC)C1OCCN1C(=S)S.CCN(CC)CC. The van der Waals surface area contributed by atoms with Crippen molar-refractivity contribution in [3.63, 3.8) is 0 Å². The van der Waals surface area contributed by atoms with Gasteiger partial charge in [0.15, 0.2) is 6.23 Å². The van der Waals surface area contributed by atoms with Gasteiger partial charge < -0.3 is 14.5 Å². The van der Waals surface area contributed by atoms with E-state index < -0.39 is 0 Å². The minimum Gasteiger partial charge on any atom is -0.353 e. The van der Waals surface area contributed by atoms with Crippen molar-refractivity contribution in [2.45, 2.75) is 60.1 Å². The van der Waals surface area contributed by atoms with Crippen LogP contribution in [0.5, 0.6) is 0 Å². The lowest BCUT2D eigenvalue weighted by Crippen LogP contribution is -2.33. The Kier molecular flexibility index (Phi) is 13.3. The minimum atomic E-state index is 0.0338. The molecule has 3 nitrogen and oxygen atoms in total. The summed E-state index contributed by atoms with van der Waals surface area (Å²) in [5, 5.41) is 0. The number of nitrogens with zero attached hydrogens (tertiary/aromatic N) is 2. The van der Waals surface area contributed by atoms with Crippen LogP contribution < -0.4 is 0 Å². The quantitative estimate of drug-likeness (QED) is 0.419. The van der Waals surface area contributed by atoms with Crippen molar-refractivity contribution in [2.24, 2.45) is 0 Å². The van der Waals surface area contributed by atoms with Gasteiger partial charge in [-0.1, -0.05) is 59.3 Å². The van der Waals surface area contributed by atoms with Gasteiger partial charge in [-0.05, 0) is 38.0 Å². The fourth-order valence-corrected chi connectivity index (χ4v) is 2.79. The maximum atomic E-state index is 5.70. The molecule has 0 aromatic rings. The van der Waals surface area contributed by atoms with E-state index >= 15 is 0 Å². The third-order valence-electron chi connectivity index (χ3n) is 3.90. The van der Waals surface area contributed by atoms with Crippen LogP contribution in [0.15, 0.2) is 11.6 Å². The minimum absolute atomic E-state index is 0.0338. The lowest BCUT2D eigenvalue weighted by Gasteiger charge is -2.25. The second kappa shape index (κ2) is 13.3. The maximum absolute atomic E-state index is 5.70. The van der Waals surface area contributed by atoms with Crippen molar-refractivity contribution >= 4 is 29.2 Å². The molecule has 0 radical (unpaired) electrons. The van der Waals surface area contributed by atoms with Gasteiger partial charge in [-0.25, -0.2) is 0 Å². The van der Waals surface area contributed by atoms with Crippen LogP contribution in [-0.4, -0.2) is 53.1 Å². The van der Waals surface area contributed by atoms with Gasteiger partial charge in [0.05, 0.1) is 6.61 Å². The van der Waals surface area contributed by atoms with E-state index in [4.69, 9.17) is 17.0 Å². The van der Waals surface area contributed by atoms with Crippen molar-refractivity contribution in [3.05, 3.63) is 11.6 Å². The van der Waals surface area contributed by atoms with Crippen molar-refractivity contribution in [3.8, 4) is 0 Å². The zero-order valence-corrected chi connectivity index (χ0v) is 16.7. The third-order valence-corrected chi connectivity index (χ3v) is 4.39. The first-order valence-corrected chi connectivity index (χ1v) is 9.43. The number of rotatable bonds is 7. The molecule has 0 N–H and O–H groups in total. The van der Waals surface area contributed by atoms with Crippen LogP contribution in [0.2, 0.25) is 0 Å². The fraction of sp³-hybridized carbons (Fsp3) is 0.824. The molecule has 5 heteroatoms. The molecule has 22 heavy (non-hydrogen) atoms. The molecule has 0 aromatic carbocycles. The highest BCUT2D eigenvalue weighted by Gasteiger charge is 2.28. The molecule has 1 aliphatic heterocycles.